The van der Waals surface area contributed by atoms with Crippen LogP contribution in [0.5, 0.6) is 0 Å². The third kappa shape index (κ3) is 5.76. The summed E-state index contributed by atoms with van der Waals surface area (Å²) in [6.07, 6.45) is 1.79. The molecule has 218 valence electrons. The van der Waals surface area contributed by atoms with Crippen LogP contribution in [0.1, 0.15) is 36.8 Å². The molecule has 6 rings (SSSR count). The number of thiophene rings is 1. The number of fused-ring (bicyclic) bond motifs is 2. The first-order chi connectivity index (χ1) is 20.4. The fourth-order valence-electron chi connectivity index (χ4n) is 5.53. The number of benzene rings is 2. The molecule has 0 spiro atoms. The van der Waals surface area contributed by atoms with Gasteiger partial charge in [-0.3, -0.25) is 14.4 Å². The number of hydrogen-bond acceptors (Lipinski definition) is 7. The van der Waals surface area contributed by atoms with Gasteiger partial charge in [0.1, 0.15) is 5.82 Å². The molecule has 1 fully saturated rings. The van der Waals surface area contributed by atoms with E-state index in [0.717, 1.165) is 58.4 Å². The van der Waals surface area contributed by atoms with Gasteiger partial charge in [-0.15, -0.1) is 11.3 Å². The molecule has 11 heteroatoms. The lowest BCUT2D eigenvalue weighted by atomic mass is 10.0. The summed E-state index contributed by atoms with van der Waals surface area (Å²) in [4.78, 5) is 34.9. The van der Waals surface area contributed by atoms with E-state index in [2.05, 4.69) is 26.7 Å². The molecule has 2 aliphatic heterocycles. The van der Waals surface area contributed by atoms with E-state index in [4.69, 9.17) is 0 Å². The van der Waals surface area contributed by atoms with Gasteiger partial charge < -0.3 is 25.5 Å². The monoisotopic (exact) mass is 585 g/mol. The smallest absolute Gasteiger partial charge is 0.317 e. The summed E-state index contributed by atoms with van der Waals surface area (Å²) in [5, 5.41) is 20.1. The highest BCUT2D eigenvalue weighted by atomic mass is 32.1. The number of para-hydroxylation sites is 2. The van der Waals surface area contributed by atoms with Gasteiger partial charge in [0.05, 0.1) is 30.7 Å². The number of hydrogen-bond donors (Lipinski definition) is 3. The maximum Gasteiger partial charge on any atom is 0.317 e. The van der Waals surface area contributed by atoms with E-state index in [0.29, 0.717) is 31.7 Å². The number of urea groups is 1. The van der Waals surface area contributed by atoms with Gasteiger partial charge in [-0.1, -0.05) is 18.2 Å². The van der Waals surface area contributed by atoms with E-state index >= 15 is 0 Å². The van der Waals surface area contributed by atoms with Gasteiger partial charge in [0.2, 0.25) is 0 Å². The van der Waals surface area contributed by atoms with Crippen molar-refractivity contribution >= 4 is 40.5 Å². The largest absolute Gasteiger partial charge is 0.391 e. The fraction of sp³-hybridized carbons (Fsp3) is 0.323. The van der Waals surface area contributed by atoms with Crippen LogP contribution in [-0.2, 0) is 33.3 Å². The molecule has 0 atom stereocenters. The van der Waals surface area contributed by atoms with Crippen molar-refractivity contribution in [2.24, 2.45) is 7.05 Å². The molecule has 0 unspecified atom stereocenters. The Morgan fingerprint density at radius 3 is 2.60 bits per heavy atom. The normalized spacial score (nSPS) is 15.0. The van der Waals surface area contributed by atoms with Crippen LogP contribution in [0.25, 0.3) is 0 Å². The van der Waals surface area contributed by atoms with Gasteiger partial charge in [0.15, 0.2) is 0 Å². The summed E-state index contributed by atoms with van der Waals surface area (Å²) < 4.78 is 1.78. The molecule has 0 saturated carbocycles. The van der Waals surface area contributed by atoms with Crippen molar-refractivity contribution in [1.82, 2.24) is 24.9 Å². The van der Waals surface area contributed by atoms with E-state index in [1.807, 2.05) is 67.4 Å². The maximum absolute atomic E-state index is 13.8. The summed E-state index contributed by atoms with van der Waals surface area (Å²) in [6, 6.07) is 17.4. The molecule has 4 heterocycles. The Hall–Kier alpha value is -4.19. The highest BCUT2D eigenvalue weighted by Gasteiger charge is 2.27. The van der Waals surface area contributed by atoms with Crippen LogP contribution in [0, 0.1) is 6.92 Å². The quantitative estimate of drug-likeness (QED) is 0.313. The number of carbonyl (C=O) groups excluding carboxylic acids is 2. The van der Waals surface area contributed by atoms with Crippen LogP contribution in [0.2, 0.25) is 0 Å². The first-order valence-corrected chi connectivity index (χ1v) is 14.9. The molecule has 2 aromatic heterocycles. The minimum Gasteiger partial charge on any atom is -0.391 e. The molecule has 3 N–H and O–H groups in total. The summed E-state index contributed by atoms with van der Waals surface area (Å²) in [5.74, 6) is 0.785. The van der Waals surface area contributed by atoms with Crippen LogP contribution < -0.4 is 15.5 Å². The average Bonchev–Trinajstić information content (AvgIpc) is 3.56. The second-order valence-electron chi connectivity index (χ2n) is 10.8. The SMILES string of the molecule is Cc1cc(C(=O)N2Cc3cnn(C)c3Nc3ccccc32)ccc1CNC(=O)N1CCN(Cc2ccc(CO)s2)CC1. The number of nitrogens with zero attached hydrogens (tertiary/aromatic N) is 5. The van der Waals surface area contributed by atoms with Crippen molar-refractivity contribution < 1.29 is 14.7 Å². The Balaban J connectivity index is 1.07. The Kier molecular flexibility index (Phi) is 7.96. The van der Waals surface area contributed by atoms with Gasteiger partial charge in [-0.2, -0.15) is 5.10 Å². The van der Waals surface area contributed by atoms with Gasteiger partial charge in [0, 0.05) is 67.2 Å². The third-order valence-corrected chi connectivity index (χ3v) is 9.02. The molecule has 0 aliphatic carbocycles. The van der Waals surface area contributed by atoms with E-state index in [9.17, 15) is 14.7 Å². The van der Waals surface area contributed by atoms with Crippen LogP contribution in [0.3, 0.4) is 0 Å². The molecule has 1 saturated heterocycles. The number of amides is 3. The Morgan fingerprint density at radius 1 is 1.05 bits per heavy atom. The third-order valence-electron chi connectivity index (χ3n) is 7.97. The number of aryl methyl sites for hydroxylation is 2. The predicted molar refractivity (Wildman–Crippen MR) is 164 cm³/mol. The first kappa shape index (κ1) is 28.0. The average molecular weight is 586 g/mol. The molecule has 4 aromatic rings. The van der Waals surface area contributed by atoms with E-state index < -0.39 is 0 Å². The predicted octanol–water partition coefficient (Wildman–Crippen LogP) is 4.21. The van der Waals surface area contributed by atoms with Crippen LogP contribution in [-0.4, -0.2) is 62.8 Å². The van der Waals surface area contributed by atoms with Gasteiger partial charge in [-0.05, 0) is 54.4 Å². The Morgan fingerprint density at radius 2 is 1.83 bits per heavy atom. The molecule has 3 amide bonds. The highest BCUT2D eigenvalue weighted by Crippen LogP contribution is 2.36. The lowest BCUT2D eigenvalue weighted by Crippen LogP contribution is -2.51. The van der Waals surface area contributed by atoms with E-state index in [-0.39, 0.29) is 18.5 Å². The zero-order valence-corrected chi connectivity index (χ0v) is 24.7. The minimum absolute atomic E-state index is 0.0751. The summed E-state index contributed by atoms with van der Waals surface area (Å²) >= 11 is 1.63. The second kappa shape index (κ2) is 12.0. The molecule has 0 radical (unpaired) electrons. The fourth-order valence-corrected chi connectivity index (χ4v) is 6.45. The van der Waals surface area contributed by atoms with Gasteiger partial charge >= 0.3 is 6.03 Å². The number of carbonyl (C=O) groups is 2. The van der Waals surface area contributed by atoms with Crippen LogP contribution >= 0.6 is 11.3 Å². The molecular formula is C31H35N7O3S. The standard InChI is InChI=1S/C31H35N7O3S/c1-21-15-22(30(40)38-18-24-17-33-35(2)29(24)34-27-5-3-4-6-28(27)38)7-8-23(21)16-32-31(41)37-13-11-36(12-14-37)19-25-9-10-26(20-39)42-25/h3-10,15,17,34,39H,11-14,16,18-20H2,1-2H3,(H,32,41). The number of nitrogens with one attached hydrogen (secondary N) is 2. The maximum atomic E-state index is 13.8. The first-order valence-electron chi connectivity index (χ1n) is 14.1. The number of aliphatic hydroxyl groups is 1. The summed E-state index contributed by atoms with van der Waals surface area (Å²) in [5.41, 5.74) is 5.14. The van der Waals surface area contributed by atoms with Crippen molar-refractivity contribution in [3.8, 4) is 0 Å². The zero-order valence-electron chi connectivity index (χ0n) is 23.8. The number of anilines is 3. The number of rotatable bonds is 6. The summed E-state index contributed by atoms with van der Waals surface area (Å²) in [6.45, 7) is 6.66. The number of piperazine rings is 1. The van der Waals surface area contributed by atoms with Crippen molar-refractivity contribution in [2.45, 2.75) is 33.2 Å². The van der Waals surface area contributed by atoms with Crippen molar-refractivity contribution in [3.63, 3.8) is 0 Å². The Bertz CT molecular complexity index is 1610. The van der Waals surface area contributed by atoms with Gasteiger partial charge in [0.25, 0.3) is 5.91 Å². The molecule has 42 heavy (non-hydrogen) atoms. The zero-order chi connectivity index (χ0) is 29.2. The molecule has 2 aliphatic rings. The Labute approximate surface area is 249 Å². The van der Waals surface area contributed by atoms with E-state index in [1.54, 1.807) is 27.1 Å². The number of aromatic nitrogens is 2. The lowest BCUT2D eigenvalue weighted by Gasteiger charge is -2.34. The lowest BCUT2D eigenvalue weighted by molar-refractivity contribution is 0.0985. The van der Waals surface area contributed by atoms with Crippen LogP contribution in [0.15, 0.2) is 60.8 Å². The number of aliphatic hydroxyl groups excluding tert-OH is 1. The minimum atomic E-state index is -0.0901. The van der Waals surface area contributed by atoms with Crippen molar-refractivity contribution in [2.75, 3.05) is 36.4 Å². The summed E-state index contributed by atoms with van der Waals surface area (Å²) in [7, 11) is 1.88. The molecule has 0 bridgehead atoms. The van der Waals surface area contributed by atoms with E-state index in [1.165, 1.54) is 4.88 Å². The molecule has 2 aromatic carbocycles. The molecule has 10 nitrogen and oxygen atoms in total. The van der Waals surface area contributed by atoms with Crippen molar-refractivity contribution in [1.29, 1.82) is 0 Å². The second-order valence-corrected chi connectivity index (χ2v) is 12.0. The van der Waals surface area contributed by atoms with Gasteiger partial charge in [-0.25, -0.2) is 4.79 Å². The van der Waals surface area contributed by atoms with Crippen LogP contribution in [0.4, 0.5) is 22.0 Å². The highest BCUT2D eigenvalue weighted by molar-refractivity contribution is 7.11. The topological polar surface area (TPSA) is 106 Å². The molecular weight excluding hydrogens is 550 g/mol. The van der Waals surface area contributed by atoms with Crippen molar-refractivity contribution in [3.05, 3.63) is 92.8 Å².